The molecule has 0 radical (unpaired) electrons. The van der Waals surface area contributed by atoms with Crippen LogP contribution in [0.5, 0.6) is 0 Å². The first-order valence-electron chi connectivity index (χ1n) is 6.60. The van der Waals surface area contributed by atoms with Gasteiger partial charge in [0.2, 0.25) is 0 Å². The Morgan fingerprint density at radius 2 is 1.85 bits per heavy atom. The summed E-state index contributed by atoms with van der Waals surface area (Å²) in [5.74, 6) is -1.14. The molecule has 2 aromatic rings. The van der Waals surface area contributed by atoms with E-state index < -0.39 is 11.6 Å². The van der Waals surface area contributed by atoms with Crippen LogP contribution in [0, 0.1) is 11.6 Å². The zero-order chi connectivity index (χ0) is 13.9. The second-order valence-corrected chi connectivity index (χ2v) is 4.79. The summed E-state index contributed by atoms with van der Waals surface area (Å²) in [6.07, 6.45) is 3.37. The molecule has 1 saturated heterocycles. The van der Waals surface area contributed by atoms with Crippen molar-refractivity contribution in [3.8, 4) is 11.1 Å². The van der Waals surface area contributed by atoms with Crippen molar-refractivity contribution in [3.63, 3.8) is 0 Å². The van der Waals surface area contributed by atoms with Gasteiger partial charge in [0.15, 0.2) is 0 Å². The fourth-order valence-corrected chi connectivity index (χ4v) is 2.39. The van der Waals surface area contributed by atoms with Crippen molar-refractivity contribution >= 4 is 5.69 Å². The number of rotatable bonds is 2. The number of hydrogen-bond acceptors (Lipinski definition) is 3. The minimum absolute atomic E-state index is 0.371. The van der Waals surface area contributed by atoms with E-state index in [9.17, 15) is 8.78 Å². The van der Waals surface area contributed by atoms with Gasteiger partial charge in [0.05, 0.1) is 11.9 Å². The highest BCUT2D eigenvalue weighted by Crippen LogP contribution is 2.26. The van der Waals surface area contributed by atoms with Crippen LogP contribution in [-0.4, -0.2) is 31.2 Å². The maximum absolute atomic E-state index is 13.8. The molecule has 1 fully saturated rings. The number of nitrogens with one attached hydrogen (secondary N) is 1. The van der Waals surface area contributed by atoms with E-state index in [0.717, 1.165) is 37.9 Å². The molecule has 2 heterocycles. The molecule has 1 aromatic heterocycles. The summed E-state index contributed by atoms with van der Waals surface area (Å²) >= 11 is 0. The Hall–Kier alpha value is -2.01. The van der Waals surface area contributed by atoms with Gasteiger partial charge in [-0.3, -0.25) is 4.98 Å². The van der Waals surface area contributed by atoms with Gasteiger partial charge in [-0.05, 0) is 18.2 Å². The number of aromatic nitrogens is 1. The zero-order valence-electron chi connectivity index (χ0n) is 10.9. The molecule has 20 heavy (non-hydrogen) atoms. The highest BCUT2D eigenvalue weighted by molar-refractivity contribution is 5.67. The van der Waals surface area contributed by atoms with E-state index in [-0.39, 0.29) is 0 Å². The van der Waals surface area contributed by atoms with Gasteiger partial charge >= 0.3 is 0 Å². The van der Waals surface area contributed by atoms with E-state index in [1.54, 1.807) is 12.4 Å². The maximum Gasteiger partial charge on any atom is 0.133 e. The molecule has 1 aliphatic rings. The van der Waals surface area contributed by atoms with Crippen molar-refractivity contribution in [1.29, 1.82) is 0 Å². The second kappa shape index (κ2) is 5.54. The van der Waals surface area contributed by atoms with Gasteiger partial charge in [-0.15, -0.1) is 0 Å². The Kier molecular flexibility index (Phi) is 3.60. The fraction of sp³-hybridized carbons (Fsp3) is 0.267. The Morgan fingerprint density at radius 3 is 2.60 bits per heavy atom. The van der Waals surface area contributed by atoms with Crippen molar-refractivity contribution in [3.05, 3.63) is 48.3 Å². The summed E-state index contributed by atoms with van der Waals surface area (Å²) in [4.78, 5) is 6.38. The number of nitrogens with zero attached hydrogens (tertiary/aromatic N) is 2. The maximum atomic E-state index is 13.8. The van der Waals surface area contributed by atoms with Crippen LogP contribution in [0.25, 0.3) is 11.1 Å². The lowest BCUT2D eigenvalue weighted by Gasteiger charge is -2.29. The van der Waals surface area contributed by atoms with Crippen molar-refractivity contribution in [2.75, 3.05) is 31.1 Å². The normalized spacial score (nSPS) is 15.4. The van der Waals surface area contributed by atoms with E-state index in [1.165, 1.54) is 12.1 Å². The SMILES string of the molecule is Fc1ccc(-c2cncc(N3CCNCC3)c2)c(F)c1. The van der Waals surface area contributed by atoms with E-state index >= 15 is 0 Å². The molecule has 0 aliphatic carbocycles. The second-order valence-electron chi connectivity index (χ2n) is 4.79. The molecule has 3 rings (SSSR count). The number of pyridine rings is 1. The van der Waals surface area contributed by atoms with Gasteiger partial charge in [-0.25, -0.2) is 8.78 Å². The van der Waals surface area contributed by atoms with Crippen LogP contribution in [0.1, 0.15) is 0 Å². The number of anilines is 1. The molecular weight excluding hydrogens is 260 g/mol. The van der Waals surface area contributed by atoms with Gasteiger partial charge in [-0.2, -0.15) is 0 Å². The molecule has 0 atom stereocenters. The molecule has 0 unspecified atom stereocenters. The summed E-state index contributed by atoms with van der Waals surface area (Å²) in [6.45, 7) is 3.65. The molecule has 0 bridgehead atoms. The van der Waals surface area contributed by atoms with E-state index in [1.807, 2.05) is 6.07 Å². The Bertz CT molecular complexity index is 610. The largest absolute Gasteiger partial charge is 0.368 e. The number of halogens is 2. The third-order valence-electron chi connectivity index (χ3n) is 3.45. The predicted octanol–water partition coefficient (Wildman–Crippen LogP) is 2.44. The first kappa shape index (κ1) is 13.0. The van der Waals surface area contributed by atoms with Gasteiger partial charge < -0.3 is 10.2 Å². The van der Waals surface area contributed by atoms with E-state index in [0.29, 0.717) is 11.1 Å². The van der Waals surface area contributed by atoms with Crippen LogP contribution in [0.4, 0.5) is 14.5 Å². The fourth-order valence-electron chi connectivity index (χ4n) is 2.39. The number of benzene rings is 1. The summed E-state index contributed by atoms with van der Waals surface area (Å²) in [5.41, 5.74) is 2.00. The molecule has 3 nitrogen and oxygen atoms in total. The highest BCUT2D eigenvalue weighted by atomic mass is 19.1. The zero-order valence-corrected chi connectivity index (χ0v) is 10.9. The van der Waals surface area contributed by atoms with Gasteiger partial charge in [-0.1, -0.05) is 0 Å². The Morgan fingerprint density at radius 1 is 1.05 bits per heavy atom. The summed E-state index contributed by atoms with van der Waals surface area (Å²) in [6, 6.07) is 5.50. The molecule has 0 amide bonds. The predicted molar refractivity (Wildman–Crippen MR) is 74.7 cm³/mol. The molecule has 104 valence electrons. The monoisotopic (exact) mass is 275 g/mol. The minimum atomic E-state index is -0.572. The summed E-state index contributed by atoms with van der Waals surface area (Å²) in [7, 11) is 0. The standard InChI is InChI=1S/C15H15F2N3/c16-12-1-2-14(15(17)8-12)11-7-13(10-19-9-11)20-5-3-18-4-6-20/h1-2,7-10,18H,3-6H2. The third-order valence-corrected chi connectivity index (χ3v) is 3.45. The Balaban J connectivity index is 1.94. The average molecular weight is 275 g/mol. The molecule has 1 aromatic carbocycles. The molecule has 0 spiro atoms. The van der Waals surface area contributed by atoms with Gasteiger partial charge in [0, 0.05) is 49.6 Å². The van der Waals surface area contributed by atoms with Crippen LogP contribution >= 0.6 is 0 Å². The summed E-state index contributed by atoms with van der Waals surface area (Å²) in [5, 5.41) is 3.28. The lowest BCUT2D eigenvalue weighted by atomic mass is 10.1. The third kappa shape index (κ3) is 2.63. The first-order chi connectivity index (χ1) is 9.74. The molecular formula is C15H15F2N3. The van der Waals surface area contributed by atoms with Crippen molar-refractivity contribution in [2.45, 2.75) is 0 Å². The first-order valence-corrected chi connectivity index (χ1v) is 6.60. The van der Waals surface area contributed by atoms with Crippen LogP contribution in [0.3, 0.4) is 0 Å². The van der Waals surface area contributed by atoms with Crippen molar-refractivity contribution in [2.24, 2.45) is 0 Å². The quantitative estimate of drug-likeness (QED) is 0.912. The van der Waals surface area contributed by atoms with Crippen LogP contribution in [-0.2, 0) is 0 Å². The highest BCUT2D eigenvalue weighted by Gasteiger charge is 2.13. The van der Waals surface area contributed by atoms with Crippen LogP contribution < -0.4 is 10.2 Å². The smallest absolute Gasteiger partial charge is 0.133 e. The lowest BCUT2D eigenvalue weighted by Crippen LogP contribution is -2.43. The molecule has 1 aliphatic heterocycles. The van der Waals surface area contributed by atoms with Crippen molar-refractivity contribution in [1.82, 2.24) is 10.3 Å². The molecule has 0 saturated carbocycles. The molecule has 1 N–H and O–H groups in total. The van der Waals surface area contributed by atoms with E-state index in [4.69, 9.17) is 0 Å². The summed E-state index contributed by atoms with van der Waals surface area (Å²) < 4.78 is 26.8. The lowest BCUT2D eigenvalue weighted by molar-refractivity contribution is 0.585. The molecule has 5 heteroatoms. The van der Waals surface area contributed by atoms with Crippen molar-refractivity contribution < 1.29 is 8.78 Å². The minimum Gasteiger partial charge on any atom is -0.368 e. The van der Waals surface area contributed by atoms with Gasteiger partial charge in [0.1, 0.15) is 11.6 Å². The van der Waals surface area contributed by atoms with E-state index in [2.05, 4.69) is 15.2 Å². The van der Waals surface area contributed by atoms with Gasteiger partial charge in [0.25, 0.3) is 0 Å². The average Bonchev–Trinajstić information content (AvgIpc) is 2.48. The van der Waals surface area contributed by atoms with Crippen LogP contribution in [0.15, 0.2) is 36.7 Å². The Labute approximate surface area is 116 Å². The topological polar surface area (TPSA) is 28.2 Å². The number of piperazine rings is 1. The number of hydrogen-bond donors (Lipinski definition) is 1. The van der Waals surface area contributed by atoms with Crippen LogP contribution in [0.2, 0.25) is 0 Å².